The van der Waals surface area contributed by atoms with E-state index >= 15 is 0 Å². The van der Waals surface area contributed by atoms with Crippen LogP contribution in [0.15, 0.2) is 29.3 Å². The van der Waals surface area contributed by atoms with Crippen molar-refractivity contribution in [3.8, 4) is 11.5 Å². The fourth-order valence-electron chi connectivity index (χ4n) is 1.69. The normalized spacial score (nSPS) is 18.2. The van der Waals surface area contributed by atoms with E-state index in [9.17, 15) is 0 Å². The van der Waals surface area contributed by atoms with E-state index in [1.165, 1.54) is 0 Å². The van der Waals surface area contributed by atoms with Gasteiger partial charge in [0.25, 0.3) is 0 Å². The van der Waals surface area contributed by atoms with Gasteiger partial charge in [-0.1, -0.05) is 12.1 Å². The molecule has 6 nitrogen and oxygen atoms in total. The Hall–Kier alpha value is -1.95. The first-order valence-electron chi connectivity index (χ1n) is 6.21. The van der Waals surface area contributed by atoms with Gasteiger partial charge in [0.05, 0.1) is 13.2 Å². The molecule has 0 saturated carbocycles. The summed E-state index contributed by atoms with van der Waals surface area (Å²) in [4.78, 5) is 4.22. The van der Waals surface area contributed by atoms with E-state index in [0.29, 0.717) is 32.3 Å². The van der Waals surface area contributed by atoms with Crippen LogP contribution in [0.1, 0.15) is 0 Å². The first-order valence-corrected chi connectivity index (χ1v) is 6.21. The van der Waals surface area contributed by atoms with Crippen molar-refractivity contribution < 1.29 is 14.2 Å². The number of methoxy groups -OCH3 is 1. The van der Waals surface area contributed by atoms with Crippen molar-refractivity contribution in [2.75, 3.05) is 33.4 Å². The van der Waals surface area contributed by atoms with Gasteiger partial charge < -0.3 is 25.3 Å². The maximum Gasteiger partial charge on any atom is 0.188 e. The lowest BCUT2D eigenvalue weighted by molar-refractivity contribution is 0.0971. The Morgan fingerprint density at radius 2 is 2.26 bits per heavy atom. The summed E-state index contributed by atoms with van der Waals surface area (Å²) in [6, 6.07) is 7.59. The van der Waals surface area contributed by atoms with Gasteiger partial charge in [0, 0.05) is 13.7 Å². The van der Waals surface area contributed by atoms with Crippen LogP contribution in [-0.4, -0.2) is 45.5 Å². The van der Waals surface area contributed by atoms with Gasteiger partial charge in [-0.25, -0.2) is 4.99 Å². The summed E-state index contributed by atoms with van der Waals surface area (Å²) in [5.74, 6) is 1.91. The monoisotopic (exact) mass is 265 g/mol. The summed E-state index contributed by atoms with van der Waals surface area (Å²) in [5, 5.41) is 2.95. The molecule has 2 rings (SSSR count). The molecule has 6 heteroatoms. The first-order chi connectivity index (χ1) is 9.29. The van der Waals surface area contributed by atoms with Crippen LogP contribution in [0.4, 0.5) is 0 Å². The largest absolute Gasteiger partial charge is 0.486 e. The fourth-order valence-corrected chi connectivity index (χ4v) is 1.69. The van der Waals surface area contributed by atoms with Crippen molar-refractivity contribution >= 4 is 5.96 Å². The molecule has 0 fully saturated rings. The molecule has 19 heavy (non-hydrogen) atoms. The number of hydrogen-bond donors (Lipinski definition) is 2. The topological polar surface area (TPSA) is 78.1 Å². The van der Waals surface area contributed by atoms with Gasteiger partial charge >= 0.3 is 0 Å². The highest BCUT2D eigenvalue weighted by Crippen LogP contribution is 2.30. The Balaban J connectivity index is 1.80. The molecule has 0 amide bonds. The number of benzene rings is 1. The Labute approximate surface area is 112 Å². The van der Waals surface area contributed by atoms with E-state index in [-0.39, 0.29) is 6.10 Å². The van der Waals surface area contributed by atoms with Crippen LogP contribution in [-0.2, 0) is 4.74 Å². The SMILES string of the molecule is COCCNC(N)=NCC1COc2ccccc2O1. The lowest BCUT2D eigenvalue weighted by atomic mass is 10.2. The molecule has 0 aromatic heterocycles. The zero-order valence-electron chi connectivity index (χ0n) is 11.0. The summed E-state index contributed by atoms with van der Waals surface area (Å²) in [7, 11) is 1.64. The van der Waals surface area contributed by atoms with E-state index in [0.717, 1.165) is 11.5 Å². The smallest absolute Gasteiger partial charge is 0.188 e. The third-order valence-electron chi connectivity index (χ3n) is 2.65. The number of para-hydroxylation sites is 2. The number of hydrogen-bond acceptors (Lipinski definition) is 4. The maximum absolute atomic E-state index is 5.77. The van der Waals surface area contributed by atoms with E-state index in [4.69, 9.17) is 19.9 Å². The summed E-state index contributed by atoms with van der Waals surface area (Å²) in [6.07, 6.45) is -0.113. The number of fused-ring (bicyclic) bond motifs is 1. The molecule has 1 aromatic rings. The second kappa shape index (κ2) is 6.84. The highest BCUT2D eigenvalue weighted by molar-refractivity contribution is 5.77. The Bertz CT molecular complexity index is 437. The average molecular weight is 265 g/mol. The summed E-state index contributed by atoms with van der Waals surface area (Å²) in [6.45, 7) is 2.16. The van der Waals surface area contributed by atoms with E-state index in [1.807, 2.05) is 24.3 Å². The molecule has 0 radical (unpaired) electrons. The van der Waals surface area contributed by atoms with Crippen molar-refractivity contribution in [1.82, 2.24) is 5.32 Å². The third kappa shape index (κ3) is 4.03. The Morgan fingerprint density at radius 3 is 3.05 bits per heavy atom. The van der Waals surface area contributed by atoms with Crippen LogP contribution in [0.3, 0.4) is 0 Å². The molecule has 1 aromatic carbocycles. The average Bonchev–Trinajstić information content (AvgIpc) is 2.45. The van der Waals surface area contributed by atoms with Crippen molar-refractivity contribution in [1.29, 1.82) is 0 Å². The summed E-state index contributed by atoms with van der Waals surface area (Å²) >= 11 is 0. The maximum atomic E-state index is 5.77. The zero-order chi connectivity index (χ0) is 13.5. The van der Waals surface area contributed by atoms with E-state index in [1.54, 1.807) is 7.11 Å². The molecule has 0 aliphatic carbocycles. The molecular formula is C13H19N3O3. The number of nitrogens with one attached hydrogen (secondary N) is 1. The minimum atomic E-state index is -0.113. The van der Waals surface area contributed by atoms with Crippen LogP contribution in [0.25, 0.3) is 0 Å². The van der Waals surface area contributed by atoms with Crippen LogP contribution < -0.4 is 20.5 Å². The molecule has 1 atom stereocenters. The quantitative estimate of drug-likeness (QED) is 0.457. The van der Waals surface area contributed by atoms with Gasteiger partial charge in [-0.3, -0.25) is 0 Å². The predicted molar refractivity (Wildman–Crippen MR) is 72.7 cm³/mol. The first kappa shape index (κ1) is 13.5. The number of ether oxygens (including phenoxy) is 3. The Morgan fingerprint density at radius 1 is 1.47 bits per heavy atom. The second-order valence-corrected chi connectivity index (χ2v) is 4.14. The van der Waals surface area contributed by atoms with Crippen molar-refractivity contribution in [3.63, 3.8) is 0 Å². The van der Waals surface area contributed by atoms with Gasteiger partial charge in [-0.05, 0) is 12.1 Å². The molecular weight excluding hydrogens is 246 g/mol. The highest BCUT2D eigenvalue weighted by atomic mass is 16.6. The predicted octanol–water partition coefficient (Wildman–Crippen LogP) is 0.377. The van der Waals surface area contributed by atoms with Crippen molar-refractivity contribution in [2.24, 2.45) is 10.7 Å². The molecule has 1 aliphatic rings. The molecule has 1 heterocycles. The molecule has 0 spiro atoms. The summed E-state index contributed by atoms with van der Waals surface area (Å²) in [5.41, 5.74) is 5.71. The van der Waals surface area contributed by atoms with Crippen LogP contribution in [0.5, 0.6) is 11.5 Å². The lowest BCUT2D eigenvalue weighted by Crippen LogP contribution is -2.37. The molecule has 1 unspecified atom stereocenters. The number of nitrogens with zero attached hydrogens (tertiary/aromatic N) is 1. The van der Waals surface area contributed by atoms with Gasteiger partial charge in [0.15, 0.2) is 23.6 Å². The van der Waals surface area contributed by atoms with Gasteiger partial charge in [-0.2, -0.15) is 0 Å². The lowest BCUT2D eigenvalue weighted by Gasteiger charge is -2.25. The molecule has 0 saturated heterocycles. The standard InChI is InChI=1S/C13H19N3O3/c1-17-7-6-15-13(14)16-8-10-9-18-11-4-2-3-5-12(11)19-10/h2-5,10H,6-9H2,1H3,(H3,14,15,16). The minimum Gasteiger partial charge on any atom is -0.486 e. The van der Waals surface area contributed by atoms with Gasteiger partial charge in [-0.15, -0.1) is 0 Å². The number of nitrogens with two attached hydrogens (primary N) is 1. The molecule has 1 aliphatic heterocycles. The van der Waals surface area contributed by atoms with E-state index < -0.39 is 0 Å². The van der Waals surface area contributed by atoms with Crippen molar-refractivity contribution in [2.45, 2.75) is 6.10 Å². The summed E-state index contributed by atoms with van der Waals surface area (Å²) < 4.78 is 16.3. The fraction of sp³-hybridized carbons (Fsp3) is 0.462. The van der Waals surface area contributed by atoms with Crippen LogP contribution >= 0.6 is 0 Å². The van der Waals surface area contributed by atoms with Gasteiger partial charge in [0.2, 0.25) is 0 Å². The minimum absolute atomic E-state index is 0.113. The molecule has 104 valence electrons. The van der Waals surface area contributed by atoms with E-state index in [2.05, 4.69) is 10.3 Å². The van der Waals surface area contributed by atoms with Crippen LogP contribution in [0.2, 0.25) is 0 Å². The molecule has 3 N–H and O–H groups in total. The van der Waals surface area contributed by atoms with Gasteiger partial charge in [0.1, 0.15) is 6.61 Å². The Kier molecular flexibility index (Phi) is 4.85. The molecule has 0 bridgehead atoms. The third-order valence-corrected chi connectivity index (χ3v) is 2.65. The second-order valence-electron chi connectivity index (χ2n) is 4.14. The highest BCUT2D eigenvalue weighted by Gasteiger charge is 2.19. The van der Waals surface area contributed by atoms with Crippen molar-refractivity contribution in [3.05, 3.63) is 24.3 Å². The zero-order valence-corrected chi connectivity index (χ0v) is 11.0. The number of guanidine groups is 1. The number of rotatable bonds is 5. The van der Waals surface area contributed by atoms with Crippen LogP contribution in [0, 0.1) is 0 Å². The number of aliphatic imine (C=N–C) groups is 1.